The molecule has 2 heterocycles. The van der Waals surface area contributed by atoms with Crippen molar-refractivity contribution in [1.29, 1.82) is 0 Å². The van der Waals surface area contributed by atoms with Gasteiger partial charge in [-0.15, -0.1) is 0 Å². The molecule has 1 unspecified atom stereocenters. The van der Waals surface area contributed by atoms with Crippen molar-refractivity contribution in [1.82, 2.24) is 25.0 Å². The summed E-state index contributed by atoms with van der Waals surface area (Å²) in [7, 11) is 5.83. The second-order valence-corrected chi connectivity index (χ2v) is 7.38. The Morgan fingerprint density at radius 2 is 1.94 bits per heavy atom. The number of hydrogen-bond acceptors (Lipinski definition) is 6. The quantitative estimate of drug-likeness (QED) is 0.540. The van der Waals surface area contributed by atoms with E-state index in [4.69, 9.17) is 9.47 Å². The normalized spacial score (nSPS) is 11.9. The fourth-order valence-corrected chi connectivity index (χ4v) is 3.18. The van der Waals surface area contributed by atoms with Crippen molar-refractivity contribution < 1.29 is 14.3 Å². The zero-order valence-electron chi connectivity index (χ0n) is 18.4. The molecule has 164 valence electrons. The van der Waals surface area contributed by atoms with Gasteiger partial charge in [0.1, 0.15) is 6.61 Å². The molecule has 0 aliphatic rings. The lowest BCUT2D eigenvalue weighted by Gasteiger charge is -2.23. The summed E-state index contributed by atoms with van der Waals surface area (Å²) in [5, 5.41) is 7.24. The molecular formula is C23H29N5O3. The fraction of sp³-hybridized carbons (Fsp3) is 0.348. The number of carbonyl (C=O) groups is 1. The average molecular weight is 424 g/mol. The number of carbonyl (C=O) groups excluding carboxylic acids is 1. The van der Waals surface area contributed by atoms with Gasteiger partial charge in [0.2, 0.25) is 0 Å². The molecule has 0 radical (unpaired) electrons. The highest BCUT2D eigenvalue weighted by atomic mass is 16.5. The number of aryl methyl sites for hydroxylation is 1. The van der Waals surface area contributed by atoms with E-state index < -0.39 is 0 Å². The fourth-order valence-electron chi connectivity index (χ4n) is 3.18. The number of hydrogen-bond donors (Lipinski definition) is 1. The second kappa shape index (κ2) is 10.6. The Hall–Kier alpha value is -3.39. The number of pyridine rings is 1. The maximum absolute atomic E-state index is 12.8. The SMILES string of the molecule is CCOc1cc(C(=O)NCC(c2cnn(C)c2)N(C)C)ccc1OCc1ccncc1. The minimum atomic E-state index is -0.169. The molecule has 31 heavy (non-hydrogen) atoms. The van der Waals surface area contributed by atoms with Gasteiger partial charge in [0.15, 0.2) is 11.5 Å². The van der Waals surface area contributed by atoms with Crippen LogP contribution in [0.1, 0.15) is 34.5 Å². The molecule has 3 aromatic rings. The standard InChI is InChI=1S/C23H29N5O3/c1-5-30-22-12-18(6-7-21(22)31-16-17-8-10-24-11-9-17)23(29)25-14-20(27(2)3)19-13-26-28(4)15-19/h6-13,15,20H,5,14,16H2,1-4H3,(H,25,29). The third-order valence-electron chi connectivity index (χ3n) is 4.84. The van der Waals surface area contributed by atoms with Gasteiger partial charge in [0.25, 0.3) is 5.91 Å². The van der Waals surface area contributed by atoms with Crippen molar-refractivity contribution in [2.45, 2.75) is 19.6 Å². The summed E-state index contributed by atoms with van der Waals surface area (Å²) < 4.78 is 13.4. The van der Waals surface area contributed by atoms with Gasteiger partial charge in [0, 0.05) is 43.3 Å². The largest absolute Gasteiger partial charge is 0.490 e. The molecule has 1 aromatic carbocycles. The Bertz CT molecular complexity index is 988. The molecule has 0 bridgehead atoms. The number of aromatic nitrogens is 3. The lowest BCUT2D eigenvalue weighted by molar-refractivity contribution is 0.0941. The summed E-state index contributed by atoms with van der Waals surface area (Å²) in [5.41, 5.74) is 2.57. The van der Waals surface area contributed by atoms with Gasteiger partial charge in [-0.2, -0.15) is 5.10 Å². The van der Waals surface area contributed by atoms with Crippen molar-refractivity contribution in [3.8, 4) is 11.5 Å². The lowest BCUT2D eigenvalue weighted by atomic mass is 10.1. The van der Waals surface area contributed by atoms with Gasteiger partial charge in [-0.25, -0.2) is 0 Å². The smallest absolute Gasteiger partial charge is 0.251 e. The molecule has 8 nitrogen and oxygen atoms in total. The van der Waals surface area contributed by atoms with Crippen LogP contribution in [0.25, 0.3) is 0 Å². The van der Waals surface area contributed by atoms with Gasteiger partial charge < -0.3 is 19.7 Å². The third kappa shape index (κ3) is 6.05. The summed E-state index contributed by atoms with van der Waals surface area (Å²) >= 11 is 0. The van der Waals surface area contributed by atoms with Crippen LogP contribution in [0.15, 0.2) is 55.1 Å². The summed E-state index contributed by atoms with van der Waals surface area (Å²) in [6.45, 7) is 3.22. The van der Waals surface area contributed by atoms with Crippen molar-refractivity contribution in [2.75, 3.05) is 27.2 Å². The molecule has 1 N–H and O–H groups in total. The van der Waals surface area contributed by atoms with Crippen LogP contribution in [0.5, 0.6) is 11.5 Å². The summed E-state index contributed by atoms with van der Waals surface area (Å²) in [6.07, 6.45) is 7.22. The van der Waals surface area contributed by atoms with E-state index in [1.807, 2.05) is 52.6 Å². The number of rotatable bonds is 10. The molecule has 0 fully saturated rings. The third-order valence-corrected chi connectivity index (χ3v) is 4.84. The first-order valence-corrected chi connectivity index (χ1v) is 10.2. The molecule has 0 aliphatic heterocycles. The van der Waals surface area contributed by atoms with Crippen LogP contribution >= 0.6 is 0 Å². The van der Waals surface area contributed by atoms with E-state index >= 15 is 0 Å². The summed E-state index contributed by atoms with van der Waals surface area (Å²) in [6, 6.07) is 9.04. The van der Waals surface area contributed by atoms with Crippen LogP contribution in [0, 0.1) is 0 Å². The molecule has 2 aromatic heterocycles. The number of likely N-dealkylation sites (N-methyl/N-ethyl adjacent to an activating group) is 1. The minimum absolute atomic E-state index is 0.0204. The van der Waals surface area contributed by atoms with Crippen molar-refractivity contribution in [2.24, 2.45) is 7.05 Å². The predicted molar refractivity (Wildman–Crippen MR) is 118 cm³/mol. The first-order chi connectivity index (χ1) is 15.0. The molecule has 1 amide bonds. The number of nitrogens with one attached hydrogen (secondary N) is 1. The Morgan fingerprint density at radius 1 is 1.16 bits per heavy atom. The van der Waals surface area contributed by atoms with Gasteiger partial charge in [-0.3, -0.25) is 14.5 Å². The zero-order valence-corrected chi connectivity index (χ0v) is 18.4. The number of benzene rings is 1. The van der Waals surface area contributed by atoms with E-state index in [0.717, 1.165) is 11.1 Å². The Balaban J connectivity index is 1.68. The van der Waals surface area contributed by atoms with E-state index in [1.165, 1.54) is 0 Å². The molecule has 0 spiro atoms. The first kappa shape index (κ1) is 22.3. The molecule has 0 saturated heterocycles. The van der Waals surface area contributed by atoms with E-state index in [1.54, 1.807) is 35.3 Å². The lowest BCUT2D eigenvalue weighted by Crippen LogP contribution is -2.34. The predicted octanol–water partition coefficient (Wildman–Crippen LogP) is 2.83. The van der Waals surface area contributed by atoms with Crippen LogP contribution < -0.4 is 14.8 Å². The molecule has 1 atom stereocenters. The molecule has 3 rings (SSSR count). The minimum Gasteiger partial charge on any atom is -0.490 e. The number of amides is 1. The van der Waals surface area contributed by atoms with Gasteiger partial charge in [-0.05, 0) is 56.9 Å². The first-order valence-electron chi connectivity index (χ1n) is 10.2. The Morgan fingerprint density at radius 3 is 2.58 bits per heavy atom. The topological polar surface area (TPSA) is 81.5 Å². The van der Waals surface area contributed by atoms with E-state index in [0.29, 0.717) is 36.8 Å². The van der Waals surface area contributed by atoms with E-state index in [-0.39, 0.29) is 11.9 Å². The van der Waals surface area contributed by atoms with Gasteiger partial charge >= 0.3 is 0 Å². The van der Waals surface area contributed by atoms with Crippen molar-refractivity contribution >= 4 is 5.91 Å². The summed E-state index contributed by atoms with van der Waals surface area (Å²) in [5.74, 6) is 0.967. The van der Waals surface area contributed by atoms with Gasteiger partial charge in [0.05, 0.1) is 18.8 Å². The van der Waals surface area contributed by atoms with Crippen LogP contribution in [-0.2, 0) is 13.7 Å². The van der Waals surface area contributed by atoms with E-state index in [9.17, 15) is 4.79 Å². The summed E-state index contributed by atoms with van der Waals surface area (Å²) in [4.78, 5) is 18.9. The van der Waals surface area contributed by atoms with Crippen LogP contribution in [-0.4, -0.2) is 52.8 Å². The van der Waals surface area contributed by atoms with Crippen LogP contribution in [0.3, 0.4) is 0 Å². The molecule has 0 aliphatic carbocycles. The van der Waals surface area contributed by atoms with E-state index in [2.05, 4.69) is 20.3 Å². The highest BCUT2D eigenvalue weighted by molar-refractivity contribution is 5.94. The molecule has 0 saturated carbocycles. The zero-order chi connectivity index (χ0) is 22.2. The Labute approximate surface area is 182 Å². The number of nitrogens with zero attached hydrogens (tertiary/aromatic N) is 4. The average Bonchev–Trinajstić information content (AvgIpc) is 3.19. The van der Waals surface area contributed by atoms with Gasteiger partial charge in [-0.1, -0.05) is 0 Å². The maximum atomic E-state index is 12.8. The Kier molecular flexibility index (Phi) is 7.61. The van der Waals surface area contributed by atoms with Crippen LogP contribution in [0.4, 0.5) is 0 Å². The highest BCUT2D eigenvalue weighted by Gasteiger charge is 2.18. The second-order valence-electron chi connectivity index (χ2n) is 7.38. The maximum Gasteiger partial charge on any atom is 0.251 e. The highest BCUT2D eigenvalue weighted by Crippen LogP contribution is 2.29. The molecular weight excluding hydrogens is 394 g/mol. The molecule has 8 heteroatoms. The number of ether oxygens (including phenoxy) is 2. The van der Waals surface area contributed by atoms with Crippen molar-refractivity contribution in [3.05, 3.63) is 71.8 Å². The monoisotopic (exact) mass is 423 g/mol. The van der Waals surface area contributed by atoms with Crippen molar-refractivity contribution in [3.63, 3.8) is 0 Å². The van der Waals surface area contributed by atoms with Crippen LogP contribution in [0.2, 0.25) is 0 Å².